The average Bonchev–Trinajstić information content (AvgIpc) is 2.33. The van der Waals surface area contributed by atoms with Crippen LogP contribution in [0.1, 0.15) is 26.2 Å². The number of hydrogen-bond donors (Lipinski definition) is 0. The zero-order valence-electron chi connectivity index (χ0n) is 6.38. The molecule has 0 aromatic heterocycles. The molecule has 0 radical (unpaired) electrons. The van der Waals surface area contributed by atoms with Gasteiger partial charge in [-0.2, -0.15) is 0 Å². The molecule has 2 fully saturated rings. The quantitative estimate of drug-likeness (QED) is 0.511. The fourth-order valence-corrected chi connectivity index (χ4v) is 1.78. The highest BCUT2D eigenvalue weighted by Gasteiger charge is 2.33. The summed E-state index contributed by atoms with van der Waals surface area (Å²) in [6.45, 7) is 3.03. The van der Waals surface area contributed by atoms with Crippen molar-refractivity contribution in [3.05, 3.63) is 0 Å². The summed E-state index contributed by atoms with van der Waals surface area (Å²) in [5.74, 6) is 0.705. The van der Waals surface area contributed by atoms with E-state index in [4.69, 9.17) is 9.47 Å². The van der Waals surface area contributed by atoms with Crippen LogP contribution in [0.4, 0.5) is 0 Å². The monoisotopic (exact) mass is 142 g/mol. The van der Waals surface area contributed by atoms with Crippen LogP contribution in [-0.4, -0.2) is 19.0 Å². The number of rotatable bonds is 0. The Kier molecular flexibility index (Phi) is 1.66. The molecule has 0 bridgehead atoms. The van der Waals surface area contributed by atoms with Crippen LogP contribution in [0.5, 0.6) is 0 Å². The van der Waals surface area contributed by atoms with Crippen molar-refractivity contribution in [1.82, 2.24) is 0 Å². The third-order valence-corrected chi connectivity index (χ3v) is 2.47. The lowest BCUT2D eigenvalue weighted by Crippen LogP contribution is -2.30. The Morgan fingerprint density at radius 1 is 1.20 bits per heavy atom. The highest BCUT2D eigenvalue weighted by Crippen LogP contribution is 2.32. The molecule has 0 spiro atoms. The molecule has 0 aliphatic carbocycles. The Morgan fingerprint density at radius 3 is 3.00 bits per heavy atom. The van der Waals surface area contributed by atoms with E-state index in [2.05, 4.69) is 6.92 Å². The molecule has 3 unspecified atom stereocenters. The third kappa shape index (κ3) is 1.06. The van der Waals surface area contributed by atoms with E-state index in [9.17, 15) is 0 Å². The second kappa shape index (κ2) is 2.51. The molecule has 2 nitrogen and oxygen atoms in total. The molecule has 58 valence electrons. The van der Waals surface area contributed by atoms with Crippen LogP contribution in [0.15, 0.2) is 0 Å². The zero-order valence-corrected chi connectivity index (χ0v) is 6.38. The van der Waals surface area contributed by atoms with Crippen molar-refractivity contribution in [2.45, 2.75) is 38.6 Å². The first-order valence-corrected chi connectivity index (χ1v) is 4.13. The largest absolute Gasteiger partial charge is 0.352 e. The van der Waals surface area contributed by atoms with Gasteiger partial charge in [-0.3, -0.25) is 0 Å². The molecule has 10 heavy (non-hydrogen) atoms. The summed E-state index contributed by atoms with van der Waals surface area (Å²) in [5.41, 5.74) is 0. The smallest absolute Gasteiger partial charge is 0.160 e. The molecule has 0 aromatic rings. The van der Waals surface area contributed by atoms with Gasteiger partial charge in [0.05, 0.1) is 12.7 Å². The first-order valence-electron chi connectivity index (χ1n) is 4.13. The fourth-order valence-electron chi connectivity index (χ4n) is 1.78. The van der Waals surface area contributed by atoms with Gasteiger partial charge in [0, 0.05) is 5.92 Å². The van der Waals surface area contributed by atoms with Gasteiger partial charge in [-0.1, -0.05) is 0 Å². The second-order valence-electron chi connectivity index (χ2n) is 3.31. The van der Waals surface area contributed by atoms with E-state index in [0.717, 1.165) is 6.61 Å². The summed E-state index contributed by atoms with van der Waals surface area (Å²) in [4.78, 5) is 0. The first-order chi connectivity index (χ1) is 4.86. The molecule has 0 amide bonds. The first kappa shape index (κ1) is 6.62. The van der Waals surface area contributed by atoms with Gasteiger partial charge in [-0.15, -0.1) is 0 Å². The number of fused-ring (bicyclic) bond motifs is 1. The Hall–Kier alpha value is -0.0800. The van der Waals surface area contributed by atoms with E-state index in [-0.39, 0.29) is 6.29 Å². The maximum Gasteiger partial charge on any atom is 0.160 e. The number of hydrogen-bond acceptors (Lipinski definition) is 2. The lowest BCUT2D eigenvalue weighted by atomic mass is 9.96. The standard InChI is InChI=1S/C8H14O2/c1-6-2-3-7-4-5-9-8(7)10-6/h6-8H,2-5H2,1H3. The summed E-state index contributed by atoms with van der Waals surface area (Å²) < 4.78 is 11.0. The van der Waals surface area contributed by atoms with Crippen LogP contribution < -0.4 is 0 Å². The molecule has 0 aromatic carbocycles. The summed E-state index contributed by atoms with van der Waals surface area (Å²) in [6.07, 6.45) is 4.27. The van der Waals surface area contributed by atoms with E-state index in [1.54, 1.807) is 0 Å². The van der Waals surface area contributed by atoms with E-state index in [0.29, 0.717) is 12.0 Å². The normalized spacial score (nSPS) is 47.1. The van der Waals surface area contributed by atoms with Crippen molar-refractivity contribution in [1.29, 1.82) is 0 Å². The van der Waals surface area contributed by atoms with E-state index < -0.39 is 0 Å². The number of ether oxygens (including phenoxy) is 2. The minimum Gasteiger partial charge on any atom is -0.352 e. The van der Waals surface area contributed by atoms with Gasteiger partial charge in [0.2, 0.25) is 0 Å². The van der Waals surface area contributed by atoms with Gasteiger partial charge < -0.3 is 9.47 Å². The topological polar surface area (TPSA) is 18.5 Å². The maximum absolute atomic E-state index is 5.59. The van der Waals surface area contributed by atoms with Gasteiger partial charge in [-0.25, -0.2) is 0 Å². The van der Waals surface area contributed by atoms with Crippen molar-refractivity contribution >= 4 is 0 Å². The lowest BCUT2D eigenvalue weighted by Gasteiger charge is -2.28. The molecule has 2 aliphatic rings. The van der Waals surface area contributed by atoms with E-state index in [1.165, 1.54) is 19.3 Å². The Balaban J connectivity index is 1.96. The van der Waals surface area contributed by atoms with E-state index >= 15 is 0 Å². The van der Waals surface area contributed by atoms with Gasteiger partial charge in [0.1, 0.15) is 0 Å². The molecule has 0 N–H and O–H groups in total. The van der Waals surface area contributed by atoms with Crippen LogP contribution in [0, 0.1) is 5.92 Å². The van der Waals surface area contributed by atoms with Crippen molar-refractivity contribution < 1.29 is 9.47 Å². The molecule has 0 saturated carbocycles. The highest BCUT2D eigenvalue weighted by atomic mass is 16.7. The summed E-state index contributed by atoms with van der Waals surface area (Å²) in [5, 5.41) is 0. The predicted octanol–water partition coefficient (Wildman–Crippen LogP) is 1.55. The Morgan fingerprint density at radius 2 is 2.10 bits per heavy atom. The maximum atomic E-state index is 5.59. The van der Waals surface area contributed by atoms with E-state index in [1.807, 2.05) is 0 Å². The molecule has 2 heteroatoms. The van der Waals surface area contributed by atoms with Crippen molar-refractivity contribution in [2.24, 2.45) is 5.92 Å². The average molecular weight is 142 g/mol. The molecule has 2 aliphatic heterocycles. The van der Waals surface area contributed by atoms with Gasteiger partial charge >= 0.3 is 0 Å². The van der Waals surface area contributed by atoms with Gasteiger partial charge in [0.15, 0.2) is 6.29 Å². The molecular weight excluding hydrogens is 128 g/mol. The predicted molar refractivity (Wildman–Crippen MR) is 37.6 cm³/mol. The highest BCUT2D eigenvalue weighted by molar-refractivity contribution is 4.75. The van der Waals surface area contributed by atoms with Crippen molar-refractivity contribution in [3.63, 3.8) is 0 Å². The third-order valence-electron chi connectivity index (χ3n) is 2.47. The van der Waals surface area contributed by atoms with Crippen LogP contribution in [0.25, 0.3) is 0 Å². The van der Waals surface area contributed by atoms with Crippen LogP contribution in [0.3, 0.4) is 0 Å². The molecular formula is C8H14O2. The van der Waals surface area contributed by atoms with Crippen LogP contribution >= 0.6 is 0 Å². The minimum atomic E-state index is 0.142. The molecule has 2 heterocycles. The summed E-state index contributed by atoms with van der Waals surface area (Å²) in [7, 11) is 0. The summed E-state index contributed by atoms with van der Waals surface area (Å²) >= 11 is 0. The van der Waals surface area contributed by atoms with Crippen LogP contribution in [-0.2, 0) is 9.47 Å². The van der Waals surface area contributed by atoms with Crippen molar-refractivity contribution in [3.8, 4) is 0 Å². The fraction of sp³-hybridized carbons (Fsp3) is 1.00. The molecule has 3 atom stereocenters. The molecule has 2 rings (SSSR count). The van der Waals surface area contributed by atoms with Gasteiger partial charge in [-0.05, 0) is 26.2 Å². The van der Waals surface area contributed by atoms with Crippen LogP contribution in [0.2, 0.25) is 0 Å². The SMILES string of the molecule is CC1CCC2CCOC2O1. The minimum absolute atomic E-state index is 0.142. The summed E-state index contributed by atoms with van der Waals surface area (Å²) in [6, 6.07) is 0. The van der Waals surface area contributed by atoms with Crippen molar-refractivity contribution in [2.75, 3.05) is 6.61 Å². The Bertz CT molecular complexity index is 124. The lowest BCUT2D eigenvalue weighted by molar-refractivity contribution is -0.180. The zero-order chi connectivity index (χ0) is 6.97. The van der Waals surface area contributed by atoms with Gasteiger partial charge in [0.25, 0.3) is 0 Å². The Labute approximate surface area is 61.5 Å². The molecule has 2 saturated heterocycles. The second-order valence-corrected chi connectivity index (χ2v) is 3.31.